The molecule has 8 atom stereocenters. The molecule has 2 saturated heterocycles. The van der Waals surface area contributed by atoms with Crippen LogP contribution in [0.3, 0.4) is 0 Å². The maximum atomic E-state index is 3.56. The molecule has 0 aromatic rings. The highest BCUT2D eigenvalue weighted by Crippen LogP contribution is 2.41. The summed E-state index contributed by atoms with van der Waals surface area (Å²) in [7, 11) is 6.90. The summed E-state index contributed by atoms with van der Waals surface area (Å²) in [5.74, 6) is 6.21. The molecule has 3 rings (SSSR count). The summed E-state index contributed by atoms with van der Waals surface area (Å²) in [5, 5.41) is 3.56. The first-order chi connectivity index (χ1) is 15.0. The van der Waals surface area contributed by atoms with Crippen molar-refractivity contribution in [2.24, 2.45) is 46.8 Å². The molecule has 0 bridgehead atoms. The maximum Gasteiger partial charge on any atom is 0.00668 e. The fraction of sp³-hybridized carbons (Fsp3) is 1.00. The molecule has 1 aliphatic carbocycles. The zero-order chi connectivity index (χ0) is 23.5. The molecule has 188 valence electrons. The summed E-state index contributed by atoms with van der Waals surface area (Å²) in [4.78, 5) is 5.29. The minimum atomic E-state index is 0.438. The lowest BCUT2D eigenvalue weighted by atomic mass is 9.69. The fourth-order valence-electron chi connectivity index (χ4n) is 7.76. The van der Waals surface area contributed by atoms with Gasteiger partial charge in [-0.25, -0.2) is 0 Å². The Morgan fingerprint density at radius 1 is 0.781 bits per heavy atom. The van der Waals surface area contributed by atoms with Crippen LogP contribution in [0.1, 0.15) is 86.0 Å². The van der Waals surface area contributed by atoms with E-state index in [-0.39, 0.29) is 0 Å². The third-order valence-electron chi connectivity index (χ3n) is 9.84. The predicted molar refractivity (Wildman–Crippen MR) is 140 cm³/mol. The van der Waals surface area contributed by atoms with Crippen LogP contribution in [0.15, 0.2) is 0 Å². The highest BCUT2D eigenvalue weighted by atomic mass is 15.1. The average Bonchev–Trinajstić information content (AvgIpc) is 2.72. The molecule has 3 nitrogen and oxygen atoms in total. The van der Waals surface area contributed by atoms with Crippen molar-refractivity contribution in [1.82, 2.24) is 15.1 Å². The smallest absolute Gasteiger partial charge is 0.00668 e. The van der Waals surface area contributed by atoms with Crippen LogP contribution in [0, 0.1) is 46.8 Å². The Morgan fingerprint density at radius 3 is 2.00 bits per heavy atom. The van der Waals surface area contributed by atoms with Crippen molar-refractivity contribution in [1.29, 1.82) is 0 Å². The lowest BCUT2D eigenvalue weighted by Crippen LogP contribution is -2.45. The number of hydrogen-bond acceptors (Lipinski definition) is 3. The average molecular weight is 448 g/mol. The van der Waals surface area contributed by atoms with E-state index in [4.69, 9.17) is 0 Å². The van der Waals surface area contributed by atoms with E-state index < -0.39 is 0 Å². The fourth-order valence-corrected chi connectivity index (χ4v) is 7.76. The second-order valence-corrected chi connectivity index (χ2v) is 13.8. The van der Waals surface area contributed by atoms with E-state index in [1.54, 1.807) is 0 Å². The molecule has 0 spiro atoms. The Morgan fingerprint density at radius 2 is 1.38 bits per heavy atom. The summed E-state index contributed by atoms with van der Waals surface area (Å²) in [6, 6.07) is 0.767. The Kier molecular flexibility index (Phi) is 9.55. The van der Waals surface area contributed by atoms with Crippen LogP contribution in [0.5, 0.6) is 0 Å². The van der Waals surface area contributed by atoms with E-state index in [1.807, 2.05) is 0 Å². The molecular formula is C29H57N3. The lowest BCUT2D eigenvalue weighted by Gasteiger charge is -2.45. The topological polar surface area (TPSA) is 18.5 Å². The van der Waals surface area contributed by atoms with Gasteiger partial charge in [-0.05, 0) is 107 Å². The molecule has 2 heterocycles. The van der Waals surface area contributed by atoms with Crippen LogP contribution < -0.4 is 5.32 Å². The van der Waals surface area contributed by atoms with Crippen LogP contribution >= 0.6 is 0 Å². The largest absolute Gasteiger partial charge is 0.317 e. The van der Waals surface area contributed by atoms with Crippen LogP contribution in [0.4, 0.5) is 0 Å². The van der Waals surface area contributed by atoms with Gasteiger partial charge in [0.05, 0.1) is 0 Å². The van der Waals surface area contributed by atoms with Crippen molar-refractivity contribution in [3.63, 3.8) is 0 Å². The number of rotatable bonds is 7. The summed E-state index contributed by atoms with van der Waals surface area (Å²) < 4.78 is 0. The third kappa shape index (κ3) is 7.44. The standard InChI is InChI=1S/C29H57N3/c1-21(25-10-9-11-28(16-25)30-6)12-23-14-26(19-31(7)17-23)22(2)13-24-15-27(29(3,4)5)20-32(8)18-24/h21-28,30H,9-20H2,1-8H3/t21?,22?,23?,24?,25?,26?,27-,28-/m0/s1. The zero-order valence-corrected chi connectivity index (χ0v) is 23.0. The lowest BCUT2D eigenvalue weighted by molar-refractivity contribution is 0.0491. The summed E-state index contributed by atoms with van der Waals surface area (Å²) in [6.07, 6.45) is 11.5. The summed E-state index contributed by atoms with van der Waals surface area (Å²) in [6.45, 7) is 17.8. The highest BCUT2D eigenvalue weighted by Gasteiger charge is 2.36. The van der Waals surface area contributed by atoms with Crippen LogP contribution in [-0.2, 0) is 0 Å². The highest BCUT2D eigenvalue weighted by molar-refractivity contribution is 4.89. The molecule has 0 radical (unpaired) electrons. The maximum absolute atomic E-state index is 3.56. The normalized spacial score (nSPS) is 37.9. The molecule has 1 N–H and O–H groups in total. The molecule has 1 saturated carbocycles. The summed E-state index contributed by atoms with van der Waals surface area (Å²) in [5.41, 5.74) is 0.438. The van der Waals surface area contributed by atoms with Crippen molar-refractivity contribution in [2.45, 2.75) is 92.0 Å². The Balaban J connectivity index is 1.52. The molecule has 3 heteroatoms. The third-order valence-corrected chi connectivity index (χ3v) is 9.84. The monoisotopic (exact) mass is 447 g/mol. The minimum Gasteiger partial charge on any atom is -0.317 e. The van der Waals surface area contributed by atoms with Crippen molar-refractivity contribution >= 4 is 0 Å². The van der Waals surface area contributed by atoms with E-state index in [0.717, 1.165) is 47.5 Å². The minimum absolute atomic E-state index is 0.438. The number of piperidine rings is 2. The predicted octanol–water partition coefficient (Wildman–Crippen LogP) is 6.00. The van der Waals surface area contributed by atoms with Gasteiger partial charge < -0.3 is 15.1 Å². The van der Waals surface area contributed by atoms with E-state index in [2.05, 4.69) is 70.9 Å². The van der Waals surface area contributed by atoms with Crippen molar-refractivity contribution < 1.29 is 0 Å². The van der Waals surface area contributed by atoms with Gasteiger partial charge >= 0.3 is 0 Å². The van der Waals surface area contributed by atoms with Crippen LogP contribution in [0.25, 0.3) is 0 Å². The molecule has 0 aromatic carbocycles. The Bertz CT molecular complexity index is 555. The van der Waals surface area contributed by atoms with Crippen LogP contribution in [-0.4, -0.2) is 63.2 Å². The molecule has 6 unspecified atom stereocenters. The molecule has 3 fully saturated rings. The number of likely N-dealkylation sites (tertiary alicyclic amines) is 2. The van der Waals surface area contributed by atoms with Crippen molar-refractivity contribution in [3.8, 4) is 0 Å². The molecular weight excluding hydrogens is 390 g/mol. The Labute approximate surface area is 201 Å². The van der Waals surface area contributed by atoms with Gasteiger partial charge in [0, 0.05) is 32.2 Å². The quantitative estimate of drug-likeness (QED) is 0.516. The van der Waals surface area contributed by atoms with Crippen molar-refractivity contribution in [2.75, 3.05) is 47.3 Å². The number of hydrogen-bond donors (Lipinski definition) is 1. The number of nitrogens with one attached hydrogen (secondary N) is 1. The Hall–Kier alpha value is -0.120. The van der Waals surface area contributed by atoms with Gasteiger partial charge in [-0.3, -0.25) is 0 Å². The van der Waals surface area contributed by atoms with Crippen LogP contribution in [0.2, 0.25) is 0 Å². The van der Waals surface area contributed by atoms with Gasteiger partial charge in [0.2, 0.25) is 0 Å². The van der Waals surface area contributed by atoms with E-state index in [9.17, 15) is 0 Å². The first kappa shape index (κ1) is 26.5. The first-order valence-electron chi connectivity index (χ1n) is 14.1. The van der Waals surface area contributed by atoms with Gasteiger partial charge in [0.1, 0.15) is 0 Å². The molecule has 0 amide bonds. The van der Waals surface area contributed by atoms with Gasteiger partial charge in [-0.2, -0.15) is 0 Å². The van der Waals surface area contributed by atoms with Gasteiger partial charge in [0.25, 0.3) is 0 Å². The van der Waals surface area contributed by atoms with Crippen molar-refractivity contribution in [3.05, 3.63) is 0 Å². The van der Waals surface area contributed by atoms with Gasteiger partial charge in [-0.1, -0.05) is 47.5 Å². The summed E-state index contributed by atoms with van der Waals surface area (Å²) >= 11 is 0. The molecule has 3 aliphatic rings. The SMILES string of the molecule is CN[C@H]1CCCC(C(C)CC2CC(C(C)CC3C[C@H](C(C)(C)C)CN(C)C3)CN(C)C2)C1. The molecule has 2 aliphatic heterocycles. The second-order valence-electron chi connectivity index (χ2n) is 13.8. The van der Waals surface area contributed by atoms with Gasteiger partial charge in [0.15, 0.2) is 0 Å². The van der Waals surface area contributed by atoms with E-state index in [1.165, 1.54) is 77.5 Å². The zero-order valence-electron chi connectivity index (χ0n) is 23.0. The number of nitrogens with zero attached hydrogens (tertiary/aromatic N) is 2. The second kappa shape index (κ2) is 11.5. The van der Waals surface area contributed by atoms with Gasteiger partial charge in [-0.15, -0.1) is 0 Å². The van der Waals surface area contributed by atoms with E-state index >= 15 is 0 Å². The molecule has 32 heavy (non-hydrogen) atoms. The van der Waals surface area contributed by atoms with E-state index in [0.29, 0.717) is 5.41 Å². The first-order valence-corrected chi connectivity index (χ1v) is 14.1. The molecule has 0 aromatic heterocycles.